The third-order valence-electron chi connectivity index (χ3n) is 4.39. The van der Waals surface area contributed by atoms with Crippen LogP contribution in [0.3, 0.4) is 0 Å². The third-order valence-corrected chi connectivity index (χ3v) is 4.76. The van der Waals surface area contributed by atoms with E-state index in [4.69, 9.17) is 31.6 Å². The van der Waals surface area contributed by atoms with Gasteiger partial charge in [-0.15, -0.1) is 0 Å². The van der Waals surface area contributed by atoms with Crippen LogP contribution in [0.15, 0.2) is 72.9 Å². The van der Waals surface area contributed by atoms with Gasteiger partial charge in [0.15, 0.2) is 0 Å². The number of hydrogen-bond acceptors (Lipinski definition) is 7. The van der Waals surface area contributed by atoms with E-state index < -0.39 is 0 Å². The smallest absolute Gasteiger partial charge is 0.613 e. The Morgan fingerprint density at radius 2 is 1.59 bits per heavy atom. The number of rotatable bonds is 7. The van der Waals surface area contributed by atoms with Gasteiger partial charge in [-0.1, -0.05) is 61.0 Å². The normalized spacial score (nSPS) is 12.0. The zero-order valence-electron chi connectivity index (χ0n) is 21.5. The molecule has 0 aliphatic heterocycles. The Morgan fingerprint density at radius 3 is 2.16 bits per heavy atom. The van der Waals surface area contributed by atoms with E-state index in [0.29, 0.717) is 42.4 Å². The van der Waals surface area contributed by atoms with Crippen LogP contribution in [0.2, 0.25) is 5.02 Å². The number of halogens is 1. The van der Waals surface area contributed by atoms with Crippen molar-refractivity contribution >= 4 is 28.7 Å². The maximum absolute atomic E-state index is 11.7. The second-order valence-corrected chi connectivity index (χ2v) is 7.19. The molecule has 0 saturated heterocycles. The molecule has 0 aromatic heterocycles. The molecular weight excluding hydrogens is 503 g/mol. The van der Waals surface area contributed by atoms with E-state index in [1.54, 1.807) is 26.0 Å². The van der Waals surface area contributed by atoms with Crippen LogP contribution in [0.5, 0.6) is 0 Å². The topological polar surface area (TPSA) is 115 Å². The van der Waals surface area contributed by atoms with E-state index in [0.717, 1.165) is 16.7 Å². The van der Waals surface area contributed by atoms with Gasteiger partial charge in [-0.25, -0.2) is 4.79 Å². The predicted molar refractivity (Wildman–Crippen MR) is 137 cm³/mol. The Labute approximate surface area is 245 Å². The average Bonchev–Trinajstić information content (AvgIpc) is 3.26. The van der Waals surface area contributed by atoms with Gasteiger partial charge in [0.1, 0.15) is 0 Å². The fourth-order valence-corrected chi connectivity index (χ4v) is 3.04. The van der Waals surface area contributed by atoms with Gasteiger partial charge in [0, 0.05) is 16.2 Å². The van der Waals surface area contributed by atoms with Crippen LogP contribution in [0.1, 0.15) is 37.5 Å². The number of carbonyl (C=O) groups excluding carboxylic acids is 1. The van der Waals surface area contributed by atoms with Gasteiger partial charge >= 0.3 is 35.5 Å². The molecule has 0 radical (unpaired) electrons. The van der Waals surface area contributed by atoms with Crippen molar-refractivity contribution in [3.8, 4) is 12.1 Å². The van der Waals surface area contributed by atoms with Crippen molar-refractivity contribution in [3.63, 3.8) is 0 Å². The molecule has 0 saturated carbocycles. The summed E-state index contributed by atoms with van der Waals surface area (Å²) in [7, 11) is 0. The maximum atomic E-state index is 11.7. The zero-order chi connectivity index (χ0) is 26.8. The van der Waals surface area contributed by atoms with Crippen LogP contribution in [-0.2, 0) is 25.4 Å². The molecule has 1 aliphatic rings. The Hall–Kier alpha value is -3.20. The summed E-state index contributed by atoms with van der Waals surface area (Å²) in [6, 6.07) is 18.8. The standard InChI is InChI=1S/C13H11NO2.C8H6ClN.C7H12O3.Na/c1-2-16-13(15)12-7-9(8-14)10-5-3-4-6-11(10)12;9-8-4-2-1-3-7(8)5-6-10;1-3-9-6-5-7(8)10-4-2;/h3-7,15H,2H2,1H3;1-4H,5H2;5-6H,3-4H2,1-2H3;/q;;;+1/p-1/b13-12-;;;. The number of esters is 1. The SMILES string of the molecule is CCO/C([O-])=C1/C=C(C#N)c2ccccc21.CCOC=CC(=O)OCC.N#CCc1ccccc1Cl.[Na+]. The van der Waals surface area contributed by atoms with Crippen molar-refractivity contribution in [2.24, 2.45) is 0 Å². The summed E-state index contributed by atoms with van der Waals surface area (Å²) in [6.45, 7) is 6.65. The first-order valence-electron chi connectivity index (χ1n) is 11.2. The largest absolute Gasteiger partial charge is 1.00 e. The zero-order valence-corrected chi connectivity index (χ0v) is 24.2. The Morgan fingerprint density at radius 1 is 0.973 bits per heavy atom. The molecule has 0 spiro atoms. The van der Waals surface area contributed by atoms with Gasteiger partial charge in [-0.3, -0.25) is 0 Å². The minimum absolute atomic E-state index is 0. The molecule has 2 aromatic carbocycles. The van der Waals surface area contributed by atoms with Crippen molar-refractivity contribution < 1.29 is 53.7 Å². The van der Waals surface area contributed by atoms with E-state index in [-0.39, 0.29) is 41.5 Å². The molecule has 9 heteroatoms. The van der Waals surface area contributed by atoms with E-state index >= 15 is 0 Å². The van der Waals surface area contributed by atoms with Crippen LogP contribution in [0.25, 0.3) is 11.1 Å². The Bertz CT molecular complexity index is 1180. The summed E-state index contributed by atoms with van der Waals surface area (Å²) < 4.78 is 14.3. The maximum Gasteiger partial charge on any atom is 1.00 e. The fourth-order valence-electron chi connectivity index (χ4n) is 2.84. The molecule has 0 unspecified atom stereocenters. The van der Waals surface area contributed by atoms with Crippen molar-refractivity contribution in [2.45, 2.75) is 27.2 Å². The number of benzene rings is 2. The number of ether oxygens (including phenoxy) is 3. The second kappa shape index (κ2) is 19.9. The number of nitriles is 2. The minimum atomic E-state index is -0.375. The molecule has 0 heterocycles. The molecule has 188 valence electrons. The van der Waals surface area contributed by atoms with Gasteiger partial charge in [0.05, 0.1) is 55.6 Å². The van der Waals surface area contributed by atoms with Crippen LogP contribution < -0.4 is 34.7 Å². The number of hydrogen-bond donors (Lipinski definition) is 0. The quantitative estimate of drug-likeness (QED) is 0.233. The van der Waals surface area contributed by atoms with E-state index in [1.165, 1.54) is 12.3 Å². The molecule has 0 fully saturated rings. The number of nitrogens with zero attached hydrogens (tertiary/aromatic N) is 2. The number of allylic oxidation sites excluding steroid dienone is 3. The first kappa shape index (κ1) is 33.8. The van der Waals surface area contributed by atoms with Crippen molar-refractivity contribution in [1.82, 2.24) is 0 Å². The monoisotopic (exact) mass is 530 g/mol. The summed E-state index contributed by atoms with van der Waals surface area (Å²) in [5.41, 5.74) is 3.45. The molecule has 0 amide bonds. The molecule has 1 aliphatic carbocycles. The van der Waals surface area contributed by atoms with Gasteiger partial charge in [0.25, 0.3) is 0 Å². The average molecular weight is 531 g/mol. The van der Waals surface area contributed by atoms with Gasteiger partial charge in [-0.2, -0.15) is 10.5 Å². The number of carbonyl (C=O) groups is 1. The van der Waals surface area contributed by atoms with Crippen LogP contribution in [0, 0.1) is 22.7 Å². The molecule has 0 atom stereocenters. The molecule has 2 aromatic rings. The van der Waals surface area contributed by atoms with Crippen molar-refractivity contribution in [1.29, 1.82) is 10.5 Å². The molecule has 0 N–H and O–H groups in total. The first-order chi connectivity index (χ1) is 17.4. The summed E-state index contributed by atoms with van der Waals surface area (Å²) in [4.78, 5) is 10.5. The number of fused-ring (bicyclic) bond motifs is 1. The summed E-state index contributed by atoms with van der Waals surface area (Å²) in [6.07, 6.45) is 4.56. The van der Waals surface area contributed by atoms with Crippen LogP contribution in [-0.4, -0.2) is 25.8 Å². The summed E-state index contributed by atoms with van der Waals surface area (Å²) in [5.74, 6) is -0.740. The summed E-state index contributed by atoms with van der Waals surface area (Å²) in [5, 5.41) is 29.6. The van der Waals surface area contributed by atoms with Crippen LogP contribution >= 0.6 is 11.6 Å². The van der Waals surface area contributed by atoms with Crippen molar-refractivity contribution in [3.05, 3.63) is 94.6 Å². The summed E-state index contributed by atoms with van der Waals surface area (Å²) >= 11 is 5.75. The third kappa shape index (κ3) is 12.1. The molecule has 37 heavy (non-hydrogen) atoms. The Balaban J connectivity index is 0.000000545. The molecule has 3 rings (SSSR count). The molecule has 0 bridgehead atoms. The molecular formula is C28H28ClN2NaO5. The van der Waals surface area contributed by atoms with Gasteiger partial charge < -0.3 is 19.3 Å². The second-order valence-electron chi connectivity index (χ2n) is 6.79. The van der Waals surface area contributed by atoms with Crippen molar-refractivity contribution in [2.75, 3.05) is 19.8 Å². The molecule has 7 nitrogen and oxygen atoms in total. The van der Waals surface area contributed by atoms with E-state index in [2.05, 4.69) is 10.8 Å². The minimum Gasteiger partial charge on any atom is -0.613 e. The Kier molecular flexibility index (Phi) is 18.2. The predicted octanol–water partition coefficient (Wildman–Crippen LogP) is 2.18. The van der Waals surface area contributed by atoms with Crippen LogP contribution in [0.4, 0.5) is 0 Å². The fraction of sp³-hybridized carbons (Fsp3) is 0.250. The van der Waals surface area contributed by atoms with Gasteiger partial charge in [0.2, 0.25) is 0 Å². The first-order valence-corrected chi connectivity index (χ1v) is 11.6. The van der Waals surface area contributed by atoms with E-state index in [1.807, 2.05) is 55.5 Å². The van der Waals surface area contributed by atoms with Gasteiger partial charge in [-0.05, 0) is 43.7 Å². The van der Waals surface area contributed by atoms with E-state index in [9.17, 15) is 9.90 Å².